The van der Waals surface area contributed by atoms with E-state index >= 15 is 0 Å². The topological polar surface area (TPSA) is 79.8 Å². The van der Waals surface area contributed by atoms with Crippen LogP contribution < -0.4 is 15.4 Å². The number of ether oxygens (including phenoxy) is 1. The number of aryl methyl sites for hydroxylation is 2. The fourth-order valence-corrected chi connectivity index (χ4v) is 4.33. The van der Waals surface area contributed by atoms with Crippen LogP contribution in [-0.2, 0) is 9.59 Å². The number of hydrogen-bond donors (Lipinski definition) is 2. The Morgan fingerprint density at radius 2 is 1.86 bits per heavy atom. The molecule has 0 bridgehead atoms. The normalized spacial score (nSPS) is 15.4. The summed E-state index contributed by atoms with van der Waals surface area (Å²) in [6.07, 6.45) is 1.66. The molecule has 3 aromatic carbocycles. The molecule has 0 atom stereocenters. The number of thioether (sulfide) groups is 1. The molecule has 178 valence electrons. The van der Waals surface area contributed by atoms with Crippen LogP contribution in [0.4, 0.5) is 11.4 Å². The predicted molar refractivity (Wildman–Crippen MR) is 144 cm³/mol. The van der Waals surface area contributed by atoms with Gasteiger partial charge in [0.15, 0.2) is 11.8 Å². The minimum atomic E-state index is -0.348. The second-order valence-corrected chi connectivity index (χ2v) is 9.67. The highest BCUT2D eigenvalue weighted by molar-refractivity contribution is 8.18. The Bertz CT molecular complexity index is 1350. The minimum Gasteiger partial charge on any atom is -0.483 e. The lowest BCUT2D eigenvalue weighted by Crippen LogP contribution is -2.20. The van der Waals surface area contributed by atoms with Gasteiger partial charge in [-0.25, -0.2) is 4.99 Å². The highest BCUT2D eigenvalue weighted by Gasteiger charge is 2.24. The molecule has 0 aliphatic carbocycles. The van der Waals surface area contributed by atoms with Crippen molar-refractivity contribution in [1.82, 2.24) is 5.32 Å². The standard InChI is InChI=1S/C26H21Cl2N3O3S/c1-15-3-7-19(8-4-15)30-26-31-25(33)23(35-26)12-17-11-18(27)6-10-22(17)34-14-24(32)29-20-9-5-16(2)21(28)13-20/h3-13H,14H2,1-2H3,(H,29,32)(H,30,31,33)/b23-12-. The number of halogens is 2. The molecule has 6 nitrogen and oxygen atoms in total. The molecule has 1 aliphatic rings. The van der Waals surface area contributed by atoms with E-state index in [4.69, 9.17) is 27.9 Å². The summed E-state index contributed by atoms with van der Waals surface area (Å²) in [6, 6.07) is 17.9. The number of benzene rings is 3. The van der Waals surface area contributed by atoms with Crippen LogP contribution in [0.1, 0.15) is 16.7 Å². The third kappa shape index (κ3) is 6.66. The van der Waals surface area contributed by atoms with E-state index in [2.05, 4.69) is 15.6 Å². The Balaban J connectivity index is 1.47. The first kappa shape index (κ1) is 24.9. The van der Waals surface area contributed by atoms with Gasteiger partial charge in [0.05, 0.1) is 10.6 Å². The van der Waals surface area contributed by atoms with Crippen molar-refractivity contribution in [1.29, 1.82) is 0 Å². The summed E-state index contributed by atoms with van der Waals surface area (Å²) in [5.74, 6) is -0.212. The van der Waals surface area contributed by atoms with E-state index in [1.165, 1.54) is 11.8 Å². The van der Waals surface area contributed by atoms with E-state index in [9.17, 15) is 9.59 Å². The summed E-state index contributed by atoms with van der Waals surface area (Å²) in [7, 11) is 0. The van der Waals surface area contributed by atoms with Crippen LogP contribution in [0.5, 0.6) is 5.75 Å². The Morgan fingerprint density at radius 3 is 2.60 bits per heavy atom. The number of nitrogens with one attached hydrogen (secondary N) is 2. The van der Waals surface area contributed by atoms with Gasteiger partial charge in [-0.3, -0.25) is 9.59 Å². The van der Waals surface area contributed by atoms with Gasteiger partial charge in [0.2, 0.25) is 0 Å². The first-order valence-electron chi connectivity index (χ1n) is 10.6. The SMILES string of the molecule is Cc1ccc(N=C2NC(=O)/C(=C/c3cc(Cl)ccc3OCC(=O)Nc3ccc(C)c(Cl)c3)S2)cc1. The zero-order chi connectivity index (χ0) is 24.9. The lowest BCUT2D eigenvalue weighted by molar-refractivity contribution is -0.118. The molecule has 0 spiro atoms. The van der Waals surface area contributed by atoms with Gasteiger partial charge in [-0.1, -0.05) is 47.0 Å². The number of amides is 2. The number of amidine groups is 1. The third-order valence-corrected chi connectivity index (χ3v) is 6.54. The lowest BCUT2D eigenvalue weighted by atomic mass is 10.2. The molecule has 1 heterocycles. The van der Waals surface area contributed by atoms with E-state index in [0.717, 1.165) is 16.8 Å². The molecular formula is C26H21Cl2N3O3S. The number of aliphatic imine (C=N–C) groups is 1. The molecule has 9 heteroatoms. The highest BCUT2D eigenvalue weighted by Crippen LogP contribution is 2.32. The fourth-order valence-electron chi connectivity index (χ4n) is 3.13. The first-order chi connectivity index (χ1) is 16.8. The molecule has 1 aliphatic heterocycles. The zero-order valence-electron chi connectivity index (χ0n) is 18.9. The maximum absolute atomic E-state index is 12.5. The van der Waals surface area contributed by atoms with Crippen molar-refractivity contribution in [2.45, 2.75) is 13.8 Å². The van der Waals surface area contributed by atoms with Gasteiger partial charge in [0, 0.05) is 21.3 Å². The van der Waals surface area contributed by atoms with Gasteiger partial charge in [-0.15, -0.1) is 0 Å². The molecule has 2 N–H and O–H groups in total. The van der Waals surface area contributed by atoms with Crippen LogP contribution in [0.25, 0.3) is 6.08 Å². The Labute approximate surface area is 217 Å². The Hall–Kier alpha value is -3.26. The van der Waals surface area contributed by atoms with Gasteiger partial charge in [0.1, 0.15) is 5.75 Å². The lowest BCUT2D eigenvalue weighted by Gasteiger charge is -2.11. The Morgan fingerprint density at radius 1 is 1.09 bits per heavy atom. The number of hydrogen-bond acceptors (Lipinski definition) is 5. The third-order valence-electron chi connectivity index (χ3n) is 4.99. The van der Waals surface area contributed by atoms with Crippen LogP contribution in [0.15, 0.2) is 70.6 Å². The average Bonchev–Trinajstić information content (AvgIpc) is 3.15. The molecule has 3 aromatic rings. The van der Waals surface area contributed by atoms with Gasteiger partial charge < -0.3 is 15.4 Å². The first-order valence-corrected chi connectivity index (χ1v) is 12.2. The molecule has 0 saturated carbocycles. The number of nitrogens with zero attached hydrogens (tertiary/aromatic N) is 1. The van der Waals surface area contributed by atoms with E-state index in [1.807, 2.05) is 44.2 Å². The molecule has 1 fully saturated rings. The van der Waals surface area contributed by atoms with Crippen LogP contribution in [-0.4, -0.2) is 23.6 Å². The quantitative estimate of drug-likeness (QED) is 0.359. The van der Waals surface area contributed by atoms with E-state index < -0.39 is 0 Å². The van der Waals surface area contributed by atoms with E-state index in [1.54, 1.807) is 36.4 Å². The Kier molecular flexibility index (Phi) is 7.80. The summed E-state index contributed by atoms with van der Waals surface area (Å²) >= 11 is 13.5. The van der Waals surface area contributed by atoms with Crippen molar-refractivity contribution in [3.8, 4) is 5.75 Å². The molecular weight excluding hydrogens is 505 g/mol. The second-order valence-electron chi connectivity index (χ2n) is 7.80. The molecule has 0 radical (unpaired) electrons. The van der Waals surface area contributed by atoms with Crippen LogP contribution in [0.2, 0.25) is 10.0 Å². The van der Waals surface area contributed by atoms with Crippen molar-refractivity contribution in [3.05, 3.63) is 92.3 Å². The summed E-state index contributed by atoms with van der Waals surface area (Å²) < 4.78 is 5.74. The van der Waals surface area contributed by atoms with Crippen molar-refractivity contribution in [2.24, 2.45) is 4.99 Å². The molecule has 1 saturated heterocycles. The molecule has 2 amide bonds. The van der Waals surface area contributed by atoms with Crippen LogP contribution in [0.3, 0.4) is 0 Å². The van der Waals surface area contributed by atoms with Gasteiger partial charge in [0.25, 0.3) is 11.8 Å². The van der Waals surface area contributed by atoms with Gasteiger partial charge in [-0.05, 0) is 79.7 Å². The van der Waals surface area contributed by atoms with Gasteiger partial charge in [-0.2, -0.15) is 0 Å². The summed E-state index contributed by atoms with van der Waals surface area (Å²) in [5.41, 5.74) is 3.93. The van der Waals surface area contributed by atoms with Crippen molar-refractivity contribution in [2.75, 3.05) is 11.9 Å². The predicted octanol–water partition coefficient (Wildman–Crippen LogP) is 6.52. The number of rotatable bonds is 6. The van der Waals surface area contributed by atoms with Crippen LogP contribution in [0, 0.1) is 13.8 Å². The highest BCUT2D eigenvalue weighted by atomic mass is 35.5. The van der Waals surface area contributed by atoms with Crippen molar-refractivity contribution >= 4 is 69.4 Å². The summed E-state index contributed by atoms with van der Waals surface area (Å²) in [4.78, 5) is 29.8. The van der Waals surface area contributed by atoms with Crippen LogP contribution >= 0.6 is 35.0 Å². The maximum atomic E-state index is 12.5. The summed E-state index contributed by atoms with van der Waals surface area (Å²) in [5, 5.41) is 7.03. The van der Waals surface area contributed by atoms with Crippen molar-refractivity contribution in [3.63, 3.8) is 0 Å². The number of carbonyl (C=O) groups is 2. The van der Waals surface area contributed by atoms with Gasteiger partial charge >= 0.3 is 0 Å². The fraction of sp³-hybridized carbons (Fsp3) is 0.115. The number of carbonyl (C=O) groups excluding carboxylic acids is 2. The average molecular weight is 526 g/mol. The zero-order valence-corrected chi connectivity index (χ0v) is 21.2. The van der Waals surface area contributed by atoms with E-state index in [-0.39, 0.29) is 18.4 Å². The van der Waals surface area contributed by atoms with E-state index in [0.29, 0.717) is 37.1 Å². The number of anilines is 1. The minimum absolute atomic E-state index is 0.233. The second kappa shape index (κ2) is 11.0. The molecule has 0 aromatic heterocycles. The largest absolute Gasteiger partial charge is 0.483 e. The molecule has 4 rings (SSSR count). The maximum Gasteiger partial charge on any atom is 0.264 e. The molecule has 35 heavy (non-hydrogen) atoms. The van der Waals surface area contributed by atoms with Crippen molar-refractivity contribution < 1.29 is 14.3 Å². The monoisotopic (exact) mass is 525 g/mol. The smallest absolute Gasteiger partial charge is 0.264 e. The molecule has 0 unspecified atom stereocenters. The summed E-state index contributed by atoms with van der Waals surface area (Å²) in [6.45, 7) is 3.65.